The largest absolute Gasteiger partial charge is 0.492 e. The minimum Gasteiger partial charge on any atom is -0.492 e. The number of hydrogen-bond donors (Lipinski definition) is 1. The molecule has 2 aromatic carbocycles. The van der Waals surface area contributed by atoms with Gasteiger partial charge in [0.2, 0.25) is 6.79 Å². The molecular weight excluding hydrogens is 410 g/mol. The Kier molecular flexibility index (Phi) is 6.58. The van der Waals surface area contributed by atoms with Crippen LogP contribution in [0.2, 0.25) is 0 Å². The summed E-state index contributed by atoms with van der Waals surface area (Å²) in [6, 6.07) is 15.3. The molecule has 3 aromatic rings. The van der Waals surface area contributed by atoms with Crippen molar-refractivity contribution >= 4 is 22.9 Å². The van der Waals surface area contributed by atoms with E-state index in [0.29, 0.717) is 43.6 Å². The van der Waals surface area contributed by atoms with Gasteiger partial charge in [-0.05, 0) is 24.3 Å². The first kappa shape index (κ1) is 21.3. The van der Waals surface area contributed by atoms with E-state index < -0.39 is 5.91 Å². The number of carbonyl (C=O) groups is 1. The monoisotopic (exact) mass is 433 g/mol. The van der Waals surface area contributed by atoms with E-state index in [9.17, 15) is 10.1 Å². The summed E-state index contributed by atoms with van der Waals surface area (Å²) in [5, 5.41) is 13.1. The van der Waals surface area contributed by atoms with Crippen LogP contribution in [0.3, 0.4) is 0 Å². The van der Waals surface area contributed by atoms with Crippen LogP contribution in [0.4, 0.5) is 0 Å². The van der Waals surface area contributed by atoms with Crippen LogP contribution in [0.15, 0.2) is 54.2 Å². The summed E-state index contributed by atoms with van der Waals surface area (Å²) in [6.45, 7) is 1.97. The second kappa shape index (κ2) is 9.90. The van der Waals surface area contributed by atoms with Gasteiger partial charge < -0.3 is 28.8 Å². The van der Waals surface area contributed by atoms with Crippen molar-refractivity contribution in [2.45, 2.75) is 6.54 Å². The number of fused-ring (bicyclic) bond motifs is 2. The third-order valence-corrected chi connectivity index (χ3v) is 5.02. The summed E-state index contributed by atoms with van der Waals surface area (Å²) in [7, 11) is 1.55. The maximum atomic E-state index is 12.3. The van der Waals surface area contributed by atoms with Crippen LogP contribution in [-0.4, -0.2) is 44.1 Å². The molecule has 0 aliphatic carbocycles. The fourth-order valence-electron chi connectivity index (χ4n) is 3.47. The molecule has 0 atom stereocenters. The van der Waals surface area contributed by atoms with E-state index in [4.69, 9.17) is 18.9 Å². The van der Waals surface area contributed by atoms with Crippen LogP contribution < -0.4 is 19.5 Å². The van der Waals surface area contributed by atoms with Crippen LogP contribution in [0.25, 0.3) is 17.0 Å². The summed E-state index contributed by atoms with van der Waals surface area (Å²) in [4.78, 5) is 12.3. The molecule has 0 bridgehead atoms. The zero-order chi connectivity index (χ0) is 22.3. The van der Waals surface area contributed by atoms with E-state index in [2.05, 4.69) is 5.32 Å². The molecule has 0 saturated carbocycles. The van der Waals surface area contributed by atoms with Gasteiger partial charge in [-0.25, -0.2) is 0 Å². The highest BCUT2D eigenvalue weighted by molar-refractivity contribution is 6.04. The number of amides is 1. The fraction of sp³-hybridized carbons (Fsp3) is 0.250. The number of rotatable bonds is 9. The lowest BCUT2D eigenvalue weighted by molar-refractivity contribution is -0.117. The minimum atomic E-state index is -0.424. The maximum absolute atomic E-state index is 12.3. The Bertz CT molecular complexity index is 1190. The van der Waals surface area contributed by atoms with Crippen molar-refractivity contribution in [2.24, 2.45) is 0 Å². The minimum absolute atomic E-state index is 0.0422. The number of ether oxygens (including phenoxy) is 4. The zero-order valence-electron chi connectivity index (χ0n) is 17.7. The number of nitriles is 1. The molecule has 1 amide bonds. The number of nitrogens with one attached hydrogen (secondary N) is 1. The quantitative estimate of drug-likeness (QED) is 0.317. The third kappa shape index (κ3) is 4.68. The third-order valence-electron chi connectivity index (χ3n) is 5.02. The van der Waals surface area contributed by atoms with E-state index in [1.165, 1.54) is 0 Å². The summed E-state index contributed by atoms with van der Waals surface area (Å²) >= 11 is 0. The molecule has 1 aliphatic rings. The smallest absolute Gasteiger partial charge is 0.262 e. The predicted octanol–water partition coefficient (Wildman–Crippen LogP) is 3.12. The number of para-hydroxylation sites is 1. The molecule has 0 saturated heterocycles. The van der Waals surface area contributed by atoms with E-state index >= 15 is 0 Å². The molecule has 1 aromatic heterocycles. The summed E-state index contributed by atoms with van der Waals surface area (Å²) in [6.07, 6.45) is 3.53. The number of carbonyl (C=O) groups excluding carboxylic acids is 1. The molecular formula is C24H23N3O5. The number of methoxy groups -OCH3 is 1. The Balaban J connectivity index is 1.49. The second-order valence-corrected chi connectivity index (χ2v) is 7.08. The lowest BCUT2D eigenvalue weighted by Gasteiger charge is -2.09. The van der Waals surface area contributed by atoms with Crippen LogP contribution in [0.5, 0.6) is 17.2 Å². The normalized spacial score (nSPS) is 12.6. The van der Waals surface area contributed by atoms with Crippen molar-refractivity contribution in [3.63, 3.8) is 0 Å². The van der Waals surface area contributed by atoms with Crippen molar-refractivity contribution in [3.05, 3.63) is 59.8 Å². The average Bonchev–Trinajstić information content (AvgIpc) is 3.42. The highest BCUT2D eigenvalue weighted by atomic mass is 16.7. The Morgan fingerprint density at radius 1 is 1.22 bits per heavy atom. The lowest BCUT2D eigenvalue weighted by atomic mass is 10.1. The molecule has 2 heterocycles. The van der Waals surface area contributed by atoms with Gasteiger partial charge in [0.05, 0.1) is 13.2 Å². The average molecular weight is 433 g/mol. The molecule has 8 nitrogen and oxygen atoms in total. The topological polar surface area (TPSA) is 94.7 Å². The van der Waals surface area contributed by atoms with E-state index in [1.807, 2.05) is 59.3 Å². The Labute approximate surface area is 185 Å². The molecule has 32 heavy (non-hydrogen) atoms. The van der Waals surface area contributed by atoms with E-state index in [0.717, 1.165) is 16.5 Å². The first-order chi connectivity index (χ1) is 15.7. The summed E-state index contributed by atoms with van der Waals surface area (Å²) in [5.41, 5.74) is 1.83. The van der Waals surface area contributed by atoms with Gasteiger partial charge in [-0.2, -0.15) is 5.26 Å². The molecule has 0 spiro atoms. The van der Waals surface area contributed by atoms with Gasteiger partial charge in [0, 0.05) is 42.4 Å². The number of aromatic nitrogens is 1. The van der Waals surface area contributed by atoms with Crippen molar-refractivity contribution < 1.29 is 23.7 Å². The van der Waals surface area contributed by atoms with E-state index in [1.54, 1.807) is 13.2 Å². The zero-order valence-corrected chi connectivity index (χ0v) is 17.7. The van der Waals surface area contributed by atoms with Crippen LogP contribution >= 0.6 is 0 Å². The van der Waals surface area contributed by atoms with Crippen LogP contribution in [0.1, 0.15) is 5.56 Å². The van der Waals surface area contributed by atoms with Gasteiger partial charge >= 0.3 is 0 Å². The fourth-order valence-corrected chi connectivity index (χ4v) is 3.47. The molecule has 164 valence electrons. The second-order valence-electron chi connectivity index (χ2n) is 7.08. The van der Waals surface area contributed by atoms with Crippen molar-refractivity contribution in [3.8, 4) is 23.3 Å². The van der Waals surface area contributed by atoms with Gasteiger partial charge in [-0.3, -0.25) is 4.79 Å². The number of benzene rings is 2. The van der Waals surface area contributed by atoms with Crippen molar-refractivity contribution in [1.82, 2.24) is 9.88 Å². The van der Waals surface area contributed by atoms with Gasteiger partial charge in [0.15, 0.2) is 11.5 Å². The molecule has 1 N–H and O–H groups in total. The Morgan fingerprint density at radius 3 is 2.91 bits per heavy atom. The van der Waals surface area contributed by atoms with Crippen LogP contribution in [0, 0.1) is 11.3 Å². The SMILES string of the molecule is COCCNC(=O)/C(C#N)=C/c1cn(CCOc2ccc3c(c2)OCO3)c2ccccc12. The molecule has 0 unspecified atom stereocenters. The molecule has 8 heteroatoms. The summed E-state index contributed by atoms with van der Waals surface area (Å²) < 4.78 is 23.6. The highest BCUT2D eigenvalue weighted by Crippen LogP contribution is 2.35. The maximum Gasteiger partial charge on any atom is 0.262 e. The lowest BCUT2D eigenvalue weighted by Crippen LogP contribution is -2.27. The van der Waals surface area contributed by atoms with Gasteiger partial charge in [0.1, 0.15) is 24.0 Å². The standard InChI is InChI=1S/C24H23N3O5/c1-29-10-8-26-24(28)17(14-25)12-18-15-27(21-5-3-2-4-20(18)21)9-11-30-19-6-7-22-23(13-19)32-16-31-22/h2-7,12-13,15H,8-11,16H2,1H3,(H,26,28)/b17-12+. The molecule has 0 radical (unpaired) electrons. The molecule has 0 fully saturated rings. The van der Waals surface area contributed by atoms with Gasteiger partial charge in [-0.1, -0.05) is 18.2 Å². The Hall–Kier alpha value is -3.96. The number of hydrogen-bond acceptors (Lipinski definition) is 6. The molecule has 1 aliphatic heterocycles. The first-order valence-corrected chi connectivity index (χ1v) is 10.2. The van der Waals surface area contributed by atoms with Crippen molar-refractivity contribution in [1.29, 1.82) is 5.26 Å². The van der Waals surface area contributed by atoms with Crippen molar-refractivity contribution in [2.75, 3.05) is 33.7 Å². The number of nitrogens with zero attached hydrogens (tertiary/aromatic N) is 2. The summed E-state index contributed by atoms with van der Waals surface area (Å²) in [5.74, 6) is 1.66. The molecule has 4 rings (SSSR count). The van der Waals surface area contributed by atoms with E-state index in [-0.39, 0.29) is 12.4 Å². The Morgan fingerprint density at radius 2 is 2.06 bits per heavy atom. The van der Waals surface area contributed by atoms with Crippen LogP contribution in [-0.2, 0) is 16.1 Å². The first-order valence-electron chi connectivity index (χ1n) is 10.2. The highest BCUT2D eigenvalue weighted by Gasteiger charge is 2.14. The van der Waals surface area contributed by atoms with Gasteiger partial charge in [0.25, 0.3) is 5.91 Å². The van der Waals surface area contributed by atoms with Gasteiger partial charge in [-0.15, -0.1) is 0 Å². The predicted molar refractivity (Wildman–Crippen MR) is 118 cm³/mol.